The molecule has 9 nitrogen and oxygen atoms in total. The lowest BCUT2D eigenvalue weighted by Crippen LogP contribution is -2.63. The third-order valence-electron chi connectivity index (χ3n) is 11.2. The summed E-state index contributed by atoms with van der Waals surface area (Å²) < 4.78 is 0. The normalized spacial score (nSPS) is 22.0. The molecule has 260 valence electrons. The summed E-state index contributed by atoms with van der Waals surface area (Å²) in [6.45, 7) is 29.5. The summed E-state index contributed by atoms with van der Waals surface area (Å²) in [5.74, 6) is 2.34. The fourth-order valence-electron chi connectivity index (χ4n) is 7.85. The maximum absolute atomic E-state index is 5.42. The van der Waals surface area contributed by atoms with Crippen molar-refractivity contribution < 1.29 is 0 Å². The Labute approximate surface area is 277 Å². The van der Waals surface area contributed by atoms with Crippen molar-refractivity contribution in [3.8, 4) is 0 Å². The van der Waals surface area contributed by atoms with Gasteiger partial charge in [-0.2, -0.15) is 15.0 Å². The highest BCUT2D eigenvalue weighted by Crippen LogP contribution is 2.42. The smallest absolute Gasteiger partial charge is 0.232 e. The van der Waals surface area contributed by atoms with Crippen LogP contribution in [0.4, 0.5) is 17.8 Å². The quantitative estimate of drug-likeness (QED) is 0.146. The minimum atomic E-state index is 0.0788. The van der Waals surface area contributed by atoms with Crippen LogP contribution in [-0.4, -0.2) is 99.4 Å². The fraction of sp³-hybridized carbons (Fsp3) is 0.917. The summed E-state index contributed by atoms with van der Waals surface area (Å²) in [5, 5.41) is 7.08. The van der Waals surface area contributed by atoms with Gasteiger partial charge in [0.05, 0.1) is 6.67 Å². The average Bonchev–Trinajstić information content (AvgIpc) is 2.94. The molecule has 0 aromatic carbocycles. The van der Waals surface area contributed by atoms with E-state index in [1.165, 1.54) is 6.42 Å². The number of anilines is 3. The highest BCUT2D eigenvalue weighted by Gasteiger charge is 2.47. The molecular weight excluding hydrogens is 558 g/mol. The molecule has 0 spiro atoms. The summed E-state index contributed by atoms with van der Waals surface area (Å²) in [4.78, 5) is 26.0. The zero-order valence-corrected chi connectivity index (χ0v) is 31.7. The zero-order chi connectivity index (χ0) is 33.6. The van der Waals surface area contributed by atoms with Crippen LogP contribution >= 0.6 is 0 Å². The molecule has 1 aromatic heterocycles. The van der Waals surface area contributed by atoms with Gasteiger partial charge in [0, 0.05) is 47.3 Å². The van der Waals surface area contributed by atoms with Gasteiger partial charge in [-0.05, 0) is 121 Å². The lowest BCUT2D eigenvalue weighted by molar-refractivity contribution is -0.0130. The second-order valence-corrected chi connectivity index (χ2v) is 16.6. The van der Waals surface area contributed by atoms with E-state index in [0.29, 0.717) is 24.7 Å². The van der Waals surface area contributed by atoms with Crippen molar-refractivity contribution in [3.63, 3.8) is 0 Å². The Morgan fingerprint density at radius 2 is 1.00 bits per heavy atom. The van der Waals surface area contributed by atoms with Gasteiger partial charge in [0.15, 0.2) is 0 Å². The van der Waals surface area contributed by atoms with E-state index in [0.717, 1.165) is 89.3 Å². The molecule has 3 heterocycles. The van der Waals surface area contributed by atoms with E-state index in [4.69, 9.17) is 15.0 Å². The number of hydrogen-bond acceptors (Lipinski definition) is 9. The van der Waals surface area contributed by atoms with Crippen LogP contribution in [0.15, 0.2) is 0 Å². The Hall–Kier alpha value is -1.71. The van der Waals surface area contributed by atoms with E-state index in [9.17, 15) is 0 Å². The summed E-state index contributed by atoms with van der Waals surface area (Å²) in [6, 6.07) is 0.711. The zero-order valence-electron chi connectivity index (χ0n) is 31.7. The highest BCUT2D eigenvalue weighted by molar-refractivity contribution is 5.47. The average molecular weight is 630 g/mol. The molecule has 0 bridgehead atoms. The Morgan fingerprint density at radius 1 is 0.622 bits per heavy atom. The van der Waals surface area contributed by atoms with Gasteiger partial charge in [-0.3, -0.25) is 15.1 Å². The summed E-state index contributed by atoms with van der Waals surface area (Å²) in [6.07, 6.45) is 11.2. The Kier molecular flexibility index (Phi) is 13.0. The van der Waals surface area contributed by atoms with E-state index in [2.05, 4.69) is 120 Å². The van der Waals surface area contributed by atoms with Crippen molar-refractivity contribution in [2.45, 2.75) is 175 Å². The Morgan fingerprint density at radius 3 is 1.36 bits per heavy atom. The van der Waals surface area contributed by atoms with Gasteiger partial charge in [0.1, 0.15) is 0 Å². The fourth-order valence-corrected chi connectivity index (χ4v) is 7.85. The van der Waals surface area contributed by atoms with Crippen LogP contribution in [0.5, 0.6) is 0 Å². The van der Waals surface area contributed by atoms with Crippen LogP contribution in [0.2, 0.25) is 0 Å². The van der Waals surface area contributed by atoms with E-state index in [1.807, 2.05) is 0 Å². The van der Waals surface area contributed by atoms with Crippen LogP contribution in [0.25, 0.3) is 0 Å². The highest BCUT2D eigenvalue weighted by atomic mass is 15.4. The molecule has 0 saturated carbocycles. The lowest BCUT2D eigenvalue weighted by Gasteiger charge is -2.56. The van der Waals surface area contributed by atoms with E-state index >= 15 is 0 Å². The molecule has 0 atom stereocenters. The maximum atomic E-state index is 5.42. The molecule has 1 aromatic rings. The number of nitrogens with zero attached hydrogens (tertiary/aromatic N) is 7. The summed E-state index contributed by atoms with van der Waals surface area (Å²) in [7, 11) is 4.58. The van der Waals surface area contributed by atoms with Gasteiger partial charge < -0.3 is 15.1 Å². The first-order chi connectivity index (χ1) is 21.0. The minimum absolute atomic E-state index is 0.0788. The predicted molar refractivity (Wildman–Crippen MR) is 194 cm³/mol. The number of nitrogens with one attached hydrogen (secondary N) is 2. The molecule has 2 saturated heterocycles. The first kappa shape index (κ1) is 37.7. The third-order valence-corrected chi connectivity index (χ3v) is 11.2. The van der Waals surface area contributed by atoms with Crippen molar-refractivity contribution in [1.29, 1.82) is 0 Å². The predicted octanol–water partition coefficient (Wildman–Crippen LogP) is 7.15. The number of piperidine rings is 2. The largest absolute Gasteiger partial charge is 0.341 e. The Balaban J connectivity index is 2.10. The van der Waals surface area contributed by atoms with Gasteiger partial charge >= 0.3 is 0 Å². The van der Waals surface area contributed by atoms with E-state index in [1.54, 1.807) is 0 Å². The van der Waals surface area contributed by atoms with Crippen molar-refractivity contribution >= 4 is 17.8 Å². The van der Waals surface area contributed by atoms with Gasteiger partial charge in [-0.25, -0.2) is 0 Å². The SMILES string of the molecule is CCCCNCNc1nc(N(CCCC)C2CC(C)(C)N(C)C(C)(C)C2)nc(N(CCCC)C2CC(C)(C)N(C)C(C)(C)C2)n1. The second-order valence-electron chi connectivity index (χ2n) is 16.6. The molecular formula is C36H71N9. The standard InChI is InChI=1S/C36H71N9/c1-14-17-20-37-27-38-30-39-31(44(21-18-15-2)28-23-33(4,5)42(12)34(6,7)24-28)41-32(40-30)45(22-19-16-3)29-25-35(8,9)43(13)36(10,11)26-29/h28-29,37H,14-27H2,1-13H3,(H,38,39,40,41). The molecule has 3 rings (SSSR count). The number of likely N-dealkylation sites (tertiary alicyclic amines) is 2. The second kappa shape index (κ2) is 15.5. The molecule has 0 amide bonds. The summed E-state index contributed by atoms with van der Waals surface area (Å²) in [5.41, 5.74) is 0.315. The molecule has 0 radical (unpaired) electrons. The van der Waals surface area contributed by atoms with Crippen LogP contribution in [0.1, 0.15) is 140 Å². The van der Waals surface area contributed by atoms with Crippen LogP contribution in [0, 0.1) is 0 Å². The van der Waals surface area contributed by atoms with Crippen LogP contribution in [-0.2, 0) is 0 Å². The first-order valence-corrected chi connectivity index (χ1v) is 18.2. The van der Waals surface area contributed by atoms with E-state index in [-0.39, 0.29) is 22.2 Å². The first-order valence-electron chi connectivity index (χ1n) is 18.2. The van der Waals surface area contributed by atoms with Crippen molar-refractivity contribution in [1.82, 2.24) is 30.1 Å². The van der Waals surface area contributed by atoms with Gasteiger partial charge in [0.2, 0.25) is 17.8 Å². The van der Waals surface area contributed by atoms with Gasteiger partial charge in [-0.1, -0.05) is 40.0 Å². The van der Waals surface area contributed by atoms with Crippen LogP contribution in [0.3, 0.4) is 0 Å². The van der Waals surface area contributed by atoms with Crippen molar-refractivity contribution in [3.05, 3.63) is 0 Å². The maximum Gasteiger partial charge on any atom is 0.232 e. The van der Waals surface area contributed by atoms with E-state index < -0.39 is 0 Å². The van der Waals surface area contributed by atoms with Crippen molar-refractivity contribution in [2.75, 3.05) is 55.5 Å². The van der Waals surface area contributed by atoms with Crippen LogP contribution < -0.4 is 20.4 Å². The lowest BCUT2D eigenvalue weighted by atomic mass is 9.77. The van der Waals surface area contributed by atoms with Gasteiger partial charge in [-0.15, -0.1) is 0 Å². The summed E-state index contributed by atoms with van der Waals surface area (Å²) >= 11 is 0. The molecule has 2 N–H and O–H groups in total. The number of hydrogen-bond donors (Lipinski definition) is 2. The third kappa shape index (κ3) is 9.44. The number of aromatic nitrogens is 3. The monoisotopic (exact) mass is 630 g/mol. The molecule has 2 aliphatic heterocycles. The molecule has 2 aliphatic rings. The Bertz CT molecular complexity index is 945. The molecule has 45 heavy (non-hydrogen) atoms. The number of unbranched alkanes of at least 4 members (excludes halogenated alkanes) is 3. The molecule has 2 fully saturated rings. The topological polar surface area (TPSA) is 75.7 Å². The molecule has 9 heteroatoms. The molecule has 0 aliphatic carbocycles. The minimum Gasteiger partial charge on any atom is -0.341 e. The van der Waals surface area contributed by atoms with Gasteiger partial charge in [0.25, 0.3) is 0 Å². The molecule has 0 unspecified atom stereocenters. The number of rotatable bonds is 16. The van der Waals surface area contributed by atoms with Crippen molar-refractivity contribution in [2.24, 2.45) is 0 Å².